The van der Waals surface area contributed by atoms with Crippen LogP contribution < -0.4 is 4.74 Å². The van der Waals surface area contributed by atoms with E-state index in [1.54, 1.807) is 35.2 Å². The molecular weight excluding hydrogens is 468 g/mol. The van der Waals surface area contributed by atoms with Crippen molar-refractivity contribution in [3.8, 4) is 22.7 Å². The van der Waals surface area contributed by atoms with Crippen molar-refractivity contribution in [2.45, 2.75) is 0 Å². The van der Waals surface area contributed by atoms with Gasteiger partial charge in [-0.1, -0.05) is 54.6 Å². The smallest absolute Gasteiger partial charge is 0.343 e. The Labute approximate surface area is 212 Å². The highest BCUT2D eigenvalue weighted by Crippen LogP contribution is 2.26. The second-order valence-corrected chi connectivity index (χ2v) is 8.03. The van der Waals surface area contributed by atoms with Gasteiger partial charge in [-0.15, -0.1) is 0 Å². The summed E-state index contributed by atoms with van der Waals surface area (Å²) < 4.78 is 7.15. The molecule has 5 rings (SSSR count). The number of esters is 1. The third-order valence-corrected chi connectivity index (χ3v) is 5.49. The van der Waals surface area contributed by atoms with Gasteiger partial charge in [-0.2, -0.15) is 5.10 Å². The number of carbonyl (C=O) groups is 1. The predicted octanol–water partition coefficient (Wildman–Crippen LogP) is 6.42. The summed E-state index contributed by atoms with van der Waals surface area (Å²) in [7, 11) is 0. The lowest BCUT2D eigenvalue weighted by Gasteiger charge is -2.05. The van der Waals surface area contributed by atoms with E-state index in [9.17, 15) is 14.9 Å². The number of hydrogen-bond donors (Lipinski definition) is 0. The highest BCUT2D eigenvalue weighted by molar-refractivity contribution is 5.92. The molecule has 0 atom stereocenters. The molecular formula is C29H20N4O4. The van der Waals surface area contributed by atoms with Crippen molar-refractivity contribution in [3.63, 3.8) is 0 Å². The van der Waals surface area contributed by atoms with E-state index in [1.807, 2.05) is 66.7 Å². The number of nitrogens with zero attached hydrogens (tertiary/aromatic N) is 4. The Bertz CT molecular complexity index is 1580. The van der Waals surface area contributed by atoms with Crippen molar-refractivity contribution in [1.82, 2.24) is 9.78 Å². The normalized spacial score (nSPS) is 10.9. The SMILES string of the molecule is O=C(Oc1ccc(C=Nc2cc(-c3ccccc3)nn2-c2ccccc2)cc1)c1cccc([N+](=O)[O-])c1. The molecule has 37 heavy (non-hydrogen) atoms. The minimum atomic E-state index is -0.676. The molecule has 8 nitrogen and oxygen atoms in total. The fourth-order valence-corrected chi connectivity index (χ4v) is 3.65. The van der Waals surface area contributed by atoms with Crippen LogP contribution >= 0.6 is 0 Å². The predicted molar refractivity (Wildman–Crippen MR) is 141 cm³/mol. The molecule has 0 radical (unpaired) electrons. The molecule has 0 saturated carbocycles. The molecule has 0 aliphatic rings. The van der Waals surface area contributed by atoms with E-state index in [4.69, 9.17) is 9.84 Å². The Morgan fingerprint density at radius 1 is 0.865 bits per heavy atom. The van der Waals surface area contributed by atoms with Crippen molar-refractivity contribution >= 4 is 23.7 Å². The molecule has 0 fully saturated rings. The van der Waals surface area contributed by atoms with Crippen LogP contribution in [0.25, 0.3) is 16.9 Å². The molecule has 0 unspecified atom stereocenters. The first-order valence-electron chi connectivity index (χ1n) is 11.4. The largest absolute Gasteiger partial charge is 0.423 e. The van der Waals surface area contributed by atoms with E-state index in [2.05, 4.69) is 4.99 Å². The number of aromatic nitrogens is 2. The van der Waals surface area contributed by atoms with E-state index < -0.39 is 10.9 Å². The summed E-state index contributed by atoms with van der Waals surface area (Å²) >= 11 is 0. The highest BCUT2D eigenvalue weighted by Gasteiger charge is 2.14. The lowest BCUT2D eigenvalue weighted by molar-refractivity contribution is -0.384. The summed E-state index contributed by atoms with van der Waals surface area (Å²) in [5.41, 5.74) is 3.40. The third kappa shape index (κ3) is 5.49. The molecule has 0 aliphatic carbocycles. The Hall–Kier alpha value is -5.37. The minimum Gasteiger partial charge on any atom is -0.423 e. The van der Waals surface area contributed by atoms with Crippen molar-refractivity contribution in [3.05, 3.63) is 137 Å². The monoisotopic (exact) mass is 488 g/mol. The maximum absolute atomic E-state index is 12.4. The van der Waals surface area contributed by atoms with Gasteiger partial charge in [0.1, 0.15) is 5.75 Å². The second kappa shape index (κ2) is 10.5. The van der Waals surface area contributed by atoms with Gasteiger partial charge in [0.2, 0.25) is 0 Å². The number of hydrogen-bond acceptors (Lipinski definition) is 6. The van der Waals surface area contributed by atoms with Gasteiger partial charge < -0.3 is 4.74 Å². The van der Waals surface area contributed by atoms with Gasteiger partial charge in [0.05, 0.1) is 21.9 Å². The van der Waals surface area contributed by atoms with Crippen molar-refractivity contribution in [1.29, 1.82) is 0 Å². The number of nitro groups is 1. The molecule has 0 spiro atoms. The first-order valence-corrected chi connectivity index (χ1v) is 11.4. The standard InChI is InChI=1S/C29H20N4O4/c34-29(23-10-7-13-25(18-23)33(35)36)37-26-16-14-21(15-17-26)20-30-28-19-27(22-8-3-1-4-9-22)31-32(28)24-11-5-2-6-12-24/h1-20H. The Morgan fingerprint density at radius 2 is 1.57 bits per heavy atom. The van der Waals surface area contributed by atoms with Crippen LogP contribution in [-0.4, -0.2) is 26.9 Å². The Balaban J connectivity index is 1.35. The summed E-state index contributed by atoms with van der Waals surface area (Å²) in [5.74, 6) is 0.297. The molecule has 1 heterocycles. The van der Waals surface area contributed by atoms with Crippen molar-refractivity contribution in [2.75, 3.05) is 0 Å². The van der Waals surface area contributed by atoms with E-state index in [0.717, 1.165) is 22.5 Å². The Morgan fingerprint density at radius 3 is 2.27 bits per heavy atom. The fourth-order valence-electron chi connectivity index (χ4n) is 3.65. The lowest BCUT2D eigenvalue weighted by Crippen LogP contribution is -2.08. The van der Waals surface area contributed by atoms with Gasteiger partial charge in [0.25, 0.3) is 5.69 Å². The first-order chi connectivity index (χ1) is 18.1. The van der Waals surface area contributed by atoms with Gasteiger partial charge in [-0.05, 0) is 48.0 Å². The number of benzene rings is 4. The third-order valence-electron chi connectivity index (χ3n) is 5.49. The molecule has 4 aromatic carbocycles. The van der Waals surface area contributed by atoms with E-state index in [0.29, 0.717) is 11.6 Å². The maximum Gasteiger partial charge on any atom is 0.343 e. The van der Waals surface area contributed by atoms with Gasteiger partial charge in [0.15, 0.2) is 5.82 Å². The van der Waals surface area contributed by atoms with Crippen LogP contribution in [0.4, 0.5) is 11.5 Å². The second-order valence-electron chi connectivity index (χ2n) is 8.03. The summed E-state index contributed by atoms with van der Waals surface area (Å²) in [6, 6.07) is 33.8. The number of aliphatic imine (C=N–C) groups is 1. The van der Waals surface area contributed by atoms with E-state index >= 15 is 0 Å². The van der Waals surface area contributed by atoms with Crippen LogP contribution in [0, 0.1) is 10.1 Å². The van der Waals surface area contributed by atoms with Gasteiger partial charge in [-0.3, -0.25) is 10.1 Å². The van der Waals surface area contributed by atoms with Crippen LogP contribution in [0.2, 0.25) is 0 Å². The highest BCUT2D eigenvalue weighted by atomic mass is 16.6. The number of para-hydroxylation sites is 1. The molecule has 5 aromatic rings. The maximum atomic E-state index is 12.4. The molecule has 0 N–H and O–H groups in total. The van der Waals surface area contributed by atoms with Crippen molar-refractivity contribution in [2.24, 2.45) is 4.99 Å². The summed E-state index contributed by atoms with van der Waals surface area (Å²) in [6.45, 7) is 0. The lowest BCUT2D eigenvalue weighted by atomic mass is 10.2. The Kier molecular flexibility index (Phi) is 6.63. The number of ether oxygens (including phenoxy) is 1. The van der Waals surface area contributed by atoms with Gasteiger partial charge in [-0.25, -0.2) is 14.5 Å². The topological polar surface area (TPSA) is 99.6 Å². The number of nitro benzene ring substituents is 1. The van der Waals surface area contributed by atoms with Gasteiger partial charge >= 0.3 is 5.97 Å². The minimum absolute atomic E-state index is 0.100. The first kappa shape index (κ1) is 23.4. The van der Waals surface area contributed by atoms with Crippen molar-refractivity contribution < 1.29 is 14.5 Å². The zero-order valence-corrected chi connectivity index (χ0v) is 19.5. The number of carbonyl (C=O) groups excluding carboxylic acids is 1. The molecule has 0 saturated heterocycles. The molecule has 0 aliphatic heterocycles. The van der Waals surface area contributed by atoms with Gasteiger partial charge in [0, 0.05) is 30.0 Å². The summed E-state index contributed by atoms with van der Waals surface area (Å²) in [5, 5.41) is 15.7. The van der Waals surface area contributed by atoms with Crippen LogP contribution in [0.1, 0.15) is 15.9 Å². The average Bonchev–Trinajstić information content (AvgIpc) is 3.38. The van der Waals surface area contributed by atoms with Crippen LogP contribution in [-0.2, 0) is 0 Å². The summed E-state index contributed by atoms with van der Waals surface area (Å²) in [6.07, 6.45) is 1.71. The number of rotatable bonds is 7. The molecule has 1 aromatic heterocycles. The van der Waals surface area contributed by atoms with Crippen LogP contribution in [0.3, 0.4) is 0 Å². The zero-order valence-electron chi connectivity index (χ0n) is 19.5. The van der Waals surface area contributed by atoms with Crippen LogP contribution in [0.15, 0.2) is 120 Å². The molecule has 8 heteroatoms. The van der Waals surface area contributed by atoms with E-state index in [-0.39, 0.29) is 11.3 Å². The number of non-ortho nitro benzene ring substituents is 1. The van der Waals surface area contributed by atoms with E-state index in [1.165, 1.54) is 24.3 Å². The quantitative estimate of drug-likeness (QED) is 0.0866. The van der Waals surface area contributed by atoms with Crippen LogP contribution in [0.5, 0.6) is 5.75 Å². The molecule has 0 amide bonds. The fraction of sp³-hybridized carbons (Fsp3) is 0. The summed E-state index contributed by atoms with van der Waals surface area (Å²) in [4.78, 5) is 27.5. The molecule has 0 bridgehead atoms. The molecule has 180 valence electrons. The average molecular weight is 489 g/mol. The zero-order chi connectivity index (χ0) is 25.6.